The minimum absolute atomic E-state index is 0.0264. The Hall–Kier alpha value is -3.00. The molecular weight excluding hydrogens is 907 g/mol. The van der Waals surface area contributed by atoms with Gasteiger partial charge < -0.3 is 74.1 Å². The molecule has 2 aromatic rings. The zero-order valence-electron chi connectivity index (χ0n) is 33.8. The lowest BCUT2D eigenvalue weighted by atomic mass is 9.87. The van der Waals surface area contributed by atoms with E-state index in [4.69, 9.17) is 10.5 Å². The van der Waals surface area contributed by atoms with Gasteiger partial charge in [0.2, 0.25) is 11.8 Å². The number of rotatable bonds is 27. The molecule has 0 aromatic carbocycles. The molecule has 3 heterocycles. The Morgan fingerprint density at radius 2 is 1.73 bits per heavy atom. The summed E-state index contributed by atoms with van der Waals surface area (Å²) < 4.78 is 60.6. The number of allylic oxidation sites excluding steroid dienone is 4. The molecule has 29 heteroatoms. The number of carbonyl (C=O) groups excluding carboxylic acids is 3. The summed E-state index contributed by atoms with van der Waals surface area (Å²) >= 11 is 0.953. The topological polar surface area (TPSA) is 395 Å². The summed E-state index contributed by atoms with van der Waals surface area (Å²) in [6.45, 7) is 1.99. The third-order valence-electron chi connectivity index (χ3n) is 8.65. The number of nitrogen functional groups attached to an aromatic ring is 1. The number of imidazole rings is 1. The molecule has 0 bridgehead atoms. The van der Waals surface area contributed by atoms with Gasteiger partial charge in [-0.3, -0.25) is 28.1 Å². The number of hydrogen-bond acceptors (Lipinski definition) is 23. The average molecular weight is 958 g/mol. The van der Waals surface area contributed by atoms with Crippen molar-refractivity contribution in [2.45, 2.75) is 96.0 Å². The normalized spacial score (nSPS) is 21.5. The van der Waals surface area contributed by atoms with Gasteiger partial charge in [0.25, 0.3) is 15.6 Å². The Morgan fingerprint density at radius 3 is 2.42 bits per heavy atom. The van der Waals surface area contributed by atoms with Crippen LogP contribution in [-0.2, 0) is 50.7 Å². The second-order valence-corrected chi connectivity index (χ2v) is 19.4. The Labute approximate surface area is 360 Å². The highest BCUT2D eigenvalue weighted by molar-refractivity contribution is 8.13. The molecule has 1 saturated heterocycles. The fraction of sp³-hybridized carbons (Fsp3) is 0.636. The number of phosphoric acid groups is 3. The molecule has 62 heavy (non-hydrogen) atoms. The number of nitrogens with two attached hydrogens (primary N) is 1. The zero-order valence-corrected chi connectivity index (χ0v) is 37.3. The summed E-state index contributed by atoms with van der Waals surface area (Å²) in [6, 6.07) is 0. The fourth-order valence-corrected chi connectivity index (χ4v) is 8.95. The van der Waals surface area contributed by atoms with Crippen LogP contribution in [0.15, 0.2) is 37.0 Å². The van der Waals surface area contributed by atoms with Gasteiger partial charge in [0.15, 0.2) is 22.8 Å². The second kappa shape index (κ2) is 24.3. The zero-order chi connectivity index (χ0) is 46.3. The number of carbonyl (C=O) groups is 3. The van der Waals surface area contributed by atoms with E-state index in [1.54, 1.807) is 0 Å². The molecule has 350 valence electrons. The summed E-state index contributed by atoms with van der Waals surface area (Å²) in [7, 11) is -17.6. The van der Waals surface area contributed by atoms with E-state index in [2.05, 4.69) is 49.5 Å². The summed E-state index contributed by atoms with van der Waals surface area (Å²) in [6.07, 6.45) is 2.36. The van der Waals surface area contributed by atoms with Gasteiger partial charge in [0, 0.05) is 37.1 Å². The van der Waals surface area contributed by atoms with Crippen LogP contribution in [0, 0.1) is 5.41 Å². The van der Waals surface area contributed by atoms with E-state index in [-0.39, 0.29) is 53.8 Å². The maximum Gasteiger partial charge on any atom is 0.274 e. The minimum Gasteiger partial charge on any atom is -0.790 e. The molecule has 1 aliphatic rings. The number of ether oxygens (including phenoxy) is 1. The monoisotopic (exact) mass is 957 g/mol. The van der Waals surface area contributed by atoms with E-state index in [1.165, 1.54) is 13.8 Å². The lowest BCUT2D eigenvalue weighted by Gasteiger charge is -2.36. The van der Waals surface area contributed by atoms with Gasteiger partial charge in [-0.25, -0.2) is 19.3 Å². The van der Waals surface area contributed by atoms with Crippen molar-refractivity contribution in [3.05, 3.63) is 37.0 Å². The van der Waals surface area contributed by atoms with Gasteiger partial charge in [-0.05, 0) is 25.7 Å². The van der Waals surface area contributed by atoms with Crippen LogP contribution in [0.5, 0.6) is 0 Å². The largest absolute Gasteiger partial charge is 0.790 e. The molecule has 0 aliphatic carbocycles. The van der Waals surface area contributed by atoms with E-state index in [1.807, 2.05) is 25.2 Å². The van der Waals surface area contributed by atoms with E-state index < -0.39 is 90.7 Å². The first-order chi connectivity index (χ1) is 28.9. The molecule has 2 aromatic heterocycles. The van der Waals surface area contributed by atoms with Crippen LogP contribution >= 0.6 is 35.2 Å². The SMILES string of the molecule is CC/C=C\C/C=C\CC[C@H](O)CC(=O)SCCNC(=O)CCNC(=O)[C@H](O)C(C)(C)COP(=O)([O-])OP(=O)([O-])OC[C@H]1O[C@@H](n2cnc3c(N)ncnc32)[C@H](O)[C@@H]1OP(=O)([O-])[O-]. The first kappa shape index (κ1) is 53.3. The molecule has 0 spiro atoms. The number of aliphatic hydroxyl groups excluding tert-OH is 3. The third kappa shape index (κ3) is 17.9. The molecule has 2 unspecified atom stereocenters. The molecule has 25 nitrogen and oxygen atoms in total. The molecule has 0 saturated carbocycles. The highest BCUT2D eigenvalue weighted by Crippen LogP contribution is 2.56. The quantitative estimate of drug-likeness (QED) is 0.0340. The summed E-state index contributed by atoms with van der Waals surface area (Å²) in [5.41, 5.74) is 4.04. The molecule has 2 amide bonds. The van der Waals surface area contributed by atoms with Gasteiger partial charge in [0.05, 0.1) is 33.5 Å². The molecule has 1 aliphatic heterocycles. The summed E-state index contributed by atoms with van der Waals surface area (Å²) in [5, 5.41) is 36.1. The van der Waals surface area contributed by atoms with Crippen molar-refractivity contribution in [2.75, 3.05) is 37.8 Å². The molecule has 3 rings (SSSR count). The number of anilines is 1. The highest BCUT2D eigenvalue weighted by Gasteiger charge is 2.47. The van der Waals surface area contributed by atoms with Crippen molar-refractivity contribution in [1.82, 2.24) is 30.2 Å². The molecule has 0 radical (unpaired) electrons. The van der Waals surface area contributed by atoms with E-state index in [9.17, 15) is 63.0 Å². The predicted molar refractivity (Wildman–Crippen MR) is 211 cm³/mol. The van der Waals surface area contributed by atoms with Gasteiger partial charge in [0.1, 0.15) is 36.3 Å². The van der Waals surface area contributed by atoms with Crippen molar-refractivity contribution in [3.63, 3.8) is 0 Å². The minimum atomic E-state index is -5.93. The maximum absolute atomic E-state index is 12.6. The maximum atomic E-state index is 12.6. The van der Waals surface area contributed by atoms with E-state index in [0.29, 0.717) is 12.8 Å². The lowest BCUT2D eigenvalue weighted by molar-refractivity contribution is -0.347. The van der Waals surface area contributed by atoms with Crippen molar-refractivity contribution >= 4 is 69.1 Å². The van der Waals surface area contributed by atoms with Crippen molar-refractivity contribution in [1.29, 1.82) is 0 Å². The first-order valence-electron chi connectivity index (χ1n) is 18.9. The standard InChI is InChI=1S/C33H54N7O18P3S/c1-4-5-6-7-8-9-10-11-21(41)16-24(43)62-15-14-35-23(42)12-13-36-31(46)28(45)33(2,3)18-55-61(52,53)58-60(50,51)54-17-22-27(57-59(47,48)49)26(44)32(56-22)40-20-39-25-29(34)37-19-38-30(25)40/h5-6,8-9,19-22,26-28,32,41,44-45H,4,7,10-18H2,1-3H3,(H,35,42)(H,36,46)(H,50,51)(H,52,53)(H2,34,37,38)(H2,47,48,49)/p-4/b6-5-,9-8-/t21-,22+,26+,27+,28-,32+/m0/s1. The Bertz CT molecular complexity index is 2020. The van der Waals surface area contributed by atoms with Crippen LogP contribution in [0.1, 0.15) is 65.5 Å². The number of aromatic nitrogens is 4. The number of amides is 2. The average Bonchev–Trinajstić information content (AvgIpc) is 3.74. The smallest absolute Gasteiger partial charge is 0.274 e. The third-order valence-corrected chi connectivity index (χ3v) is 12.6. The summed E-state index contributed by atoms with van der Waals surface area (Å²) in [4.78, 5) is 96.5. The fourth-order valence-electron chi connectivity index (χ4n) is 5.47. The van der Waals surface area contributed by atoms with Gasteiger partial charge in [-0.15, -0.1) is 0 Å². The predicted octanol–water partition coefficient (Wildman–Crippen LogP) is -1.42. The van der Waals surface area contributed by atoms with Crippen molar-refractivity contribution < 1.29 is 85.6 Å². The molecule has 8 atom stereocenters. The van der Waals surface area contributed by atoms with Gasteiger partial charge >= 0.3 is 0 Å². The van der Waals surface area contributed by atoms with Crippen molar-refractivity contribution in [3.8, 4) is 0 Å². The Kier molecular flexibility index (Phi) is 20.9. The number of fused-ring (bicyclic) bond motifs is 1. The van der Waals surface area contributed by atoms with E-state index in [0.717, 1.165) is 41.8 Å². The number of nitrogens with one attached hydrogen (secondary N) is 2. The van der Waals surface area contributed by atoms with Crippen LogP contribution in [0.2, 0.25) is 0 Å². The van der Waals surface area contributed by atoms with Gasteiger partial charge in [-0.1, -0.05) is 56.8 Å². The number of phosphoric ester groups is 3. The van der Waals surface area contributed by atoms with Crippen LogP contribution in [0.25, 0.3) is 11.2 Å². The first-order valence-corrected chi connectivity index (χ1v) is 24.3. The van der Waals surface area contributed by atoms with Crippen LogP contribution in [-0.4, -0.2) is 114 Å². The number of thioether (sulfide) groups is 1. The number of aliphatic hydroxyl groups is 3. The van der Waals surface area contributed by atoms with Crippen LogP contribution < -0.4 is 35.9 Å². The summed E-state index contributed by atoms with van der Waals surface area (Å²) in [5.74, 6) is -1.37. The Balaban J connectivity index is 1.40. The molecule has 1 fully saturated rings. The number of hydrogen-bond donors (Lipinski definition) is 6. The second-order valence-electron chi connectivity index (χ2n) is 14.2. The van der Waals surface area contributed by atoms with E-state index >= 15 is 0 Å². The van der Waals surface area contributed by atoms with Gasteiger partial charge in [-0.2, -0.15) is 0 Å². The lowest BCUT2D eigenvalue weighted by Crippen LogP contribution is -2.46. The molecule has 7 N–H and O–H groups in total. The van der Waals surface area contributed by atoms with Crippen LogP contribution in [0.3, 0.4) is 0 Å². The Morgan fingerprint density at radius 1 is 1.03 bits per heavy atom. The molecular formula is C33H50N7O18P3S-4. The highest BCUT2D eigenvalue weighted by atomic mass is 32.2. The van der Waals surface area contributed by atoms with Crippen LogP contribution in [0.4, 0.5) is 5.82 Å². The van der Waals surface area contributed by atoms with Crippen molar-refractivity contribution in [2.24, 2.45) is 5.41 Å². The number of nitrogens with zero attached hydrogens (tertiary/aromatic N) is 4.